The summed E-state index contributed by atoms with van der Waals surface area (Å²) in [4.78, 5) is 35.6. The standard InChI is InChI=1S/C28H21N3O3/c32-26(31(20-11-3-1-4-12-20)21-13-5-2-6-14-21)19-34-28(33)23-16-8-7-15-22(23)27-29-24-17-9-10-18-25(24)30-27/h1-18H,19H2,(H,29,30). The van der Waals surface area contributed by atoms with Gasteiger partial charge >= 0.3 is 5.97 Å². The number of carbonyl (C=O) groups is 2. The SMILES string of the molecule is O=C(OCC(=O)N(c1ccccc1)c1ccccc1)c1ccccc1-c1nc2ccccc2[nH]1. The van der Waals surface area contributed by atoms with E-state index in [4.69, 9.17) is 4.74 Å². The normalized spacial score (nSPS) is 10.7. The van der Waals surface area contributed by atoms with Crippen LogP contribution < -0.4 is 4.90 Å². The number of hydrogen-bond acceptors (Lipinski definition) is 4. The van der Waals surface area contributed by atoms with Crippen LogP contribution in [0.2, 0.25) is 0 Å². The van der Waals surface area contributed by atoms with Crippen LogP contribution in [0.15, 0.2) is 109 Å². The maximum absolute atomic E-state index is 13.2. The number of nitrogens with one attached hydrogen (secondary N) is 1. The predicted molar refractivity (Wildman–Crippen MR) is 132 cm³/mol. The number of para-hydroxylation sites is 4. The van der Waals surface area contributed by atoms with Gasteiger partial charge in [-0.3, -0.25) is 9.69 Å². The minimum atomic E-state index is -0.592. The highest BCUT2D eigenvalue weighted by atomic mass is 16.5. The molecule has 0 aliphatic carbocycles. The largest absolute Gasteiger partial charge is 0.452 e. The number of imidazole rings is 1. The van der Waals surface area contributed by atoms with E-state index in [1.165, 1.54) is 0 Å². The summed E-state index contributed by atoms with van der Waals surface area (Å²) < 4.78 is 5.48. The molecule has 0 spiro atoms. The van der Waals surface area contributed by atoms with Crippen molar-refractivity contribution in [1.82, 2.24) is 9.97 Å². The Balaban J connectivity index is 1.38. The molecule has 0 saturated carbocycles. The molecule has 5 rings (SSSR count). The monoisotopic (exact) mass is 447 g/mol. The first kappa shape index (κ1) is 21.2. The Morgan fingerprint density at radius 2 is 1.32 bits per heavy atom. The molecule has 1 heterocycles. The van der Waals surface area contributed by atoms with Crippen molar-refractivity contribution in [2.24, 2.45) is 0 Å². The number of aromatic nitrogens is 2. The van der Waals surface area contributed by atoms with Gasteiger partial charge in [-0.1, -0.05) is 66.7 Å². The first-order chi connectivity index (χ1) is 16.7. The number of ether oxygens (including phenoxy) is 1. The molecule has 6 nitrogen and oxygen atoms in total. The van der Waals surface area contributed by atoms with Crippen molar-refractivity contribution in [2.45, 2.75) is 0 Å². The quantitative estimate of drug-likeness (QED) is 0.336. The number of anilines is 2. The highest BCUT2D eigenvalue weighted by Gasteiger charge is 2.22. The van der Waals surface area contributed by atoms with Gasteiger partial charge in [0, 0.05) is 16.9 Å². The van der Waals surface area contributed by atoms with Gasteiger partial charge in [0.2, 0.25) is 0 Å². The topological polar surface area (TPSA) is 75.3 Å². The molecule has 0 fully saturated rings. The van der Waals surface area contributed by atoms with Crippen LogP contribution in [-0.2, 0) is 9.53 Å². The number of amides is 1. The van der Waals surface area contributed by atoms with Crippen LogP contribution in [0.3, 0.4) is 0 Å². The van der Waals surface area contributed by atoms with Crippen LogP contribution in [0, 0.1) is 0 Å². The number of H-pyrrole nitrogens is 1. The van der Waals surface area contributed by atoms with Crippen molar-refractivity contribution < 1.29 is 14.3 Å². The third-order valence-corrected chi connectivity index (χ3v) is 5.40. The minimum absolute atomic E-state index is 0.334. The third kappa shape index (κ3) is 4.29. The van der Waals surface area contributed by atoms with Gasteiger partial charge in [-0.25, -0.2) is 9.78 Å². The summed E-state index contributed by atoms with van der Waals surface area (Å²) in [5, 5.41) is 0. The molecule has 0 bridgehead atoms. The predicted octanol–water partition coefficient (Wildman–Crippen LogP) is 5.75. The number of benzene rings is 4. The average molecular weight is 447 g/mol. The fourth-order valence-electron chi connectivity index (χ4n) is 3.81. The van der Waals surface area contributed by atoms with Crippen molar-refractivity contribution in [2.75, 3.05) is 11.5 Å². The molecule has 0 unspecified atom stereocenters. The smallest absolute Gasteiger partial charge is 0.339 e. The summed E-state index contributed by atoms with van der Waals surface area (Å²) in [6.07, 6.45) is 0. The van der Waals surface area contributed by atoms with E-state index >= 15 is 0 Å². The van der Waals surface area contributed by atoms with E-state index in [9.17, 15) is 9.59 Å². The highest BCUT2D eigenvalue weighted by molar-refractivity contribution is 6.03. The lowest BCUT2D eigenvalue weighted by Gasteiger charge is -2.23. The Hall–Kier alpha value is -4.71. The van der Waals surface area contributed by atoms with Gasteiger partial charge in [0.05, 0.1) is 16.6 Å². The Morgan fingerprint density at radius 3 is 2.00 bits per heavy atom. The van der Waals surface area contributed by atoms with E-state index in [1.54, 1.807) is 23.1 Å². The van der Waals surface area contributed by atoms with Crippen LogP contribution in [0.25, 0.3) is 22.4 Å². The van der Waals surface area contributed by atoms with E-state index in [0.717, 1.165) is 11.0 Å². The lowest BCUT2D eigenvalue weighted by Crippen LogP contribution is -2.30. The minimum Gasteiger partial charge on any atom is -0.452 e. The molecule has 0 saturated heterocycles. The molecule has 0 aliphatic rings. The maximum atomic E-state index is 13.2. The van der Waals surface area contributed by atoms with Gasteiger partial charge in [-0.05, 0) is 42.5 Å². The molecular weight excluding hydrogens is 426 g/mol. The van der Waals surface area contributed by atoms with Crippen LogP contribution in [0.1, 0.15) is 10.4 Å². The van der Waals surface area contributed by atoms with Crippen molar-refractivity contribution in [3.05, 3.63) is 115 Å². The third-order valence-electron chi connectivity index (χ3n) is 5.40. The van der Waals surface area contributed by atoms with Gasteiger partial charge in [-0.15, -0.1) is 0 Å². The number of hydrogen-bond donors (Lipinski definition) is 1. The zero-order chi connectivity index (χ0) is 23.3. The summed E-state index contributed by atoms with van der Waals surface area (Å²) in [6, 6.07) is 33.2. The fraction of sp³-hybridized carbons (Fsp3) is 0.0357. The number of aromatic amines is 1. The molecular formula is C28H21N3O3. The van der Waals surface area contributed by atoms with Crippen LogP contribution >= 0.6 is 0 Å². The number of esters is 1. The van der Waals surface area contributed by atoms with E-state index in [0.29, 0.717) is 28.3 Å². The molecule has 0 atom stereocenters. The molecule has 1 amide bonds. The zero-order valence-corrected chi connectivity index (χ0v) is 18.2. The van der Waals surface area contributed by atoms with Gasteiger partial charge in [-0.2, -0.15) is 0 Å². The summed E-state index contributed by atoms with van der Waals surface area (Å²) >= 11 is 0. The number of nitrogens with zero attached hydrogens (tertiary/aromatic N) is 2. The average Bonchev–Trinajstić information content (AvgIpc) is 3.33. The molecule has 166 valence electrons. The second-order valence-corrected chi connectivity index (χ2v) is 7.62. The zero-order valence-electron chi connectivity index (χ0n) is 18.2. The molecule has 1 N–H and O–H groups in total. The lowest BCUT2D eigenvalue weighted by atomic mass is 10.1. The van der Waals surface area contributed by atoms with Gasteiger partial charge in [0.25, 0.3) is 5.91 Å². The summed E-state index contributed by atoms with van der Waals surface area (Å²) in [5.74, 6) is -0.382. The Bertz CT molecular complexity index is 1370. The molecule has 4 aromatic carbocycles. The van der Waals surface area contributed by atoms with E-state index in [-0.39, 0.29) is 5.91 Å². The molecule has 0 radical (unpaired) electrons. The lowest BCUT2D eigenvalue weighted by molar-refractivity contribution is -0.120. The molecule has 5 aromatic rings. The number of fused-ring (bicyclic) bond motifs is 1. The summed E-state index contributed by atoms with van der Waals surface area (Å²) in [6.45, 7) is -0.406. The molecule has 0 aliphatic heterocycles. The van der Waals surface area contributed by atoms with E-state index in [1.807, 2.05) is 91.0 Å². The Morgan fingerprint density at radius 1 is 0.735 bits per heavy atom. The van der Waals surface area contributed by atoms with Gasteiger partial charge < -0.3 is 9.72 Å². The van der Waals surface area contributed by atoms with Crippen LogP contribution in [0.5, 0.6) is 0 Å². The fourth-order valence-corrected chi connectivity index (χ4v) is 3.81. The van der Waals surface area contributed by atoms with Crippen LogP contribution in [0.4, 0.5) is 11.4 Å². The molecule has 6 heteroatoms. The Labute approximate surface area is 196 Å². The van der Waals surface area contributed by atoms with Crippen molar-refractivity contribution >= 4 is 34.3 Å². The second-order valence-electron chi connectivity index (χ2n) is 7.62. The van der Waals surface area contributed by atoms with Crippen molar-refractivity contribution in [1.29, 1.82) is 0 Å². The van der Waals surface area contributed by atoms with Gasteiger partial charge in [0.15, 0.2) is 6.61 Å². The number of carbonyl (C=O) groups excluding carboxylic acids is 2. The first-order valence-electron chi connectivity index (χ1n) is 10.8. The van der Waals surface area contributed by atoms with Crippen LogP contribution in [-0.4, -0.2) is 28.5 Å². The van der Waals surface area contributed by atoms with Gasteiger partial charge in [0.1, 0.15) is 5.82 Å². The molecule has 1 aromatic heterocycles. The Kier molecular flexibility index (Phi) is 5.86. The second kappa shape index (κ2) is 9.42. The van der Waals surface area contributed by atoms with Crippen molar-refractivity contribution in [3.8, 4) is 11.4 Å². The van der Waals surface area contributed by atoms with Crippen molar-refractivity contribution in [3.63, 3.8) is 0 Å². The van der Waals surface area contributed by atoms with E-state index in [2.05, 4.69) is 9.97 Å². The highest BCUT2D eigenvalue weighted by Crippen LogP contribution is 2.27. The van der Waals surface area contributed by atoms with E-state index < -0.39 is 12.6 Å². The maximum Gasteiger partial charge on any atom is 0.339 e. The molecule has 34 heavy (non-hydrogen) atoms. The summed E-state index contributed by atoms with van der Waals surface area (Å²) in [5.41, 5.74) is 4.00. The summed E-state index contributed by atoms with van der Waals surface area (Å²) in [7, 11) is 0. The first-order valence-corrected chi connectivity index (χ1v) is 10.8. The number of rotatable bonds is 6.